The number of ether oxygens (including phenoxy) is 2. The number of aliphatic hydroxyl groups is 1. The van der Waals surface area contributed by atoms with Crippen molar-refractivity contribution < 1.29 is 14.6 Å². The number of hydrogen-bond acceptors (Lipinski definition) is 3. The van der Waals surface area contributed by atoms with Crippen molar-refractivity contribution in [3.05, 3.63) is 28.2 Å². The molecule has 1 fully saturated rings. The minimum atomic E-state index is -0.532. The molecule has 5 unspecified atom stereocenters. The molecule has 0 spiro atoms. The maximum Gasteiger partial charge on any atom is 0.120 e. The van der Waals surface area contributed by atoms with E-state index in [4.69, 9.17) is 9.47 Å². The van der Waals surface area contributed by atoms with Gasteiger partial charge in [0.05, 0.1) is 25.4 Å². The fourth-order valence-corrected chi connectivity index (χ4v) is 3.51. The highest BCUT2D eigenvalue weighted by Crippen LogP contribution is 2.42. The molecule has 2 rings (SSSR count). The topological polar surface area (TPSA) is 38.7 Å². The van der Waals surface area contributed by atoms with Crippen molar-refractivity contribution in [1.82, 2.24) is 0 Å². The van der Waals surface area contributed by atoms with Crippen LogP contribution in [-0.4, -0.2) is 24.4 Å². The summed E-state index contributed by atoms with van der Waals surface area (Å²) in [5.74, 6) is 1.22. The monoisotopic (exact) mass is 328 g/mol. The molecule has 1 aromatic rings. The molecule has 3 nitrogen and oxygen atoms in total. The minimum absolute atomic E-state index is 0.0639. The molecule has 1 N–H and O–H groups in total. The lowest BCUT2D eigenvalue weighted by atomic mass is 9.82. The van der Waals surface area contributed by atoms with Gasteiger partial charge in [-0.1, -0.05) is 28.9 Å². The second kappa shape index (κ2) is 5.81. The van der Waals surface area contributed by atoms with Crippen molar-refractivity contribution in [3.63, 3.8) is 0 Å². The number of benzene rings is 1. The first-order valence-corrected chi connectivity index (χ1v) is 7.42. The molecule has 19 heavy (non-hydrogen) atoms. The van der Waals surface area contributed by atoms with E-state index in [9.17, 15) is 5.11 Å². The summed E-state index contributed by atoms with van der Waals surface area (Å²) in [6.07, 6.45) is -0.282. The van der Waals surface area contributed by atoms with Crippen molar-refractivity contribution in [2.75, 3.05) is 7.11 Å². The molecule has 0 aliphatic carbocycles. The summed E-state index contributed by atoms with van der Waals surface area (Å²) in [6.45, 7) is 6.24. The van der Waals surface area contributed by atoms with Gasteiger partial charge in [0.2, 0.25) is 0 Å². The molecule has 0 radical (unpaired) electrons. The molecule has 0 saturated carbocycles. The summed E-state index contributed by atoms with van der Waals surface area (Å²) in [4.78, 5) is 0. The maximum absolute atomic E-state index is 10.7. The van der Waals surface area contributed by atoms with Gasteiger partial charge >= 0.3 is 0 Å². The van der Waals surface area contributed by atoms with Crippen molar-refractivity contribution in [3.8, 4) is 5.75 Å². The quantitative estimate of drug-likeness (QED) is 0.922. The highest BCUT2D eigenvalue weighted by atomic mass is 79.9. The third-order valence-electron chi connectivity index (χ3n) is 4.21. The first-order chi connectivity index (χ1) is 8.95. The molecule has 0 bridgehead atoms. The van der Waals surface area contributed by atoms with Gasteiger partial charge in [0.15, 0.2) is 0 Å². The zero-order valence-corrected chi connectivity index (χ0v) is 13.3. The van der Waals surface area contributed by atoms with E-state index < -0.39 is 6.10 Å². The molecular weight excluding hydrogens is 308 g/mol. The van der Waals surface area contributed by atoms with E-state index in [2.05, 4.69) is 29.8 Å². The molecule has 1 heterocycles. The van der Waals surface area contributed by atoms with Gasteiger partial charge in [0.1, 0.15) is 5.75 Å². The Bertz CT molecular complexity index is 449. The average Bonchev–Trinajstić information content (AvgIpc) is 2.62. The summed E-state index contributed by atoms with van der Waals surface area (Å²) < 4.78 is 11.9. The highest BCUT2D eigenvalue weighted by Gasteiger charge is 2.42. The van der Waals surface area contributed by atoms with Gasteiger partial charge in [-0.25, -0.2) is 0 Å². The molecule has 106 valence electrons. The lowest BCUT2D eigenvalue weighted by Gasteiger charge is -2.26. The van der Waals surface area contributed by atoms with Gasteiger partial charge in [0.25, 0.3) is 0 Å². The van der Waals surface area contributed by atoms with E-state index in [0.717, 1.165) is 15.8 Å². The lowest BCUT2D eigenvalue weighted by Crippen LogP contribution is -2.25. The summed E-state index contributed by atoms with van der Waals surface area (Å²) in [5.41, 5.74) is 0.891. The largest absolute Gasteiger partial charge is 0.497 e. The Morgan fingerprint density at radius 1 is 1.26 bits per heavy atom. The maximum atomic E-state index is 10.7. The second-order valence-electron chi connectivity index (χ2n) is 5.32. The predicted molar refractivity (Wildman–Crippen MR) is 78.3 cm³/mol. The molecular formula is C15H21BrO3. The van der Waals surface area contributed by atoms with E-state index in [1.165, 1.54) is 0 Å². The van der Waals surface area contributed by atoms with E-state index in [1.54, 1.807) is 7.11 Å². The van der Waals surface area contributed by atoms with Crippen LogP contribution in [0.2, 0.25) is 0 Å². The molecule has 1 aliphatic rings. The van der Waals surface area contributed by atoms with E-state index >= 15 is 0 Å². The first-order valence-electron chi connectivity index (χ1n) is 6.62. The van der Waals surface area contributed by atoms with Crippen LogP contribution in [0.3, 0.4) is 0 Å². The second-order valence-corrected chi connectivity index (χ2v) is 6.17. The predicted octanol–water partition coefficient (Wildman–Crippen LogP) is 3.55. The molecule has 4 heteroatoms. The zero-order valence-electron chi connectivity index (χ0n) is 11.8. The standard InChI is InChI=1S/C15H21BrO3/c1-8-9(2)19-10(3)14(8)15(17)12-6-5-11(18-4)7-13(12)16/h5-10,14-15,17H,1-4H3. The number of methoxy groups -OCH3 is 1. The molecule has 1 saturated heterocycles. The van der Waals surface area contributed by atoms with Gasteiger partial charge < -0.3 is 14.6 Å². The molecule has 1 aliphatic heterocycles. The minimum Gasteiger partial charge on any atom is -0.497 e. The number of halogens is 1. The van der Waals surface area contributed by atoms with Crippen molar-refractivity contribution in [2.24, 2.45) is 11.8 Å². The van der Waals surface area contributed by atoms with Crippen LogP contribution in [0.1, 0.15) is 32.4 Å². The Morgan fingerprint density at radius 2 is 1.95 bits per heavy atom. The molecule has 1 aromatic carbocycles. The van der Waals surface area contributed by atoms with Gasteiger partial charge in [0, 0.05) is 10.4 Å². The van der Waals surface area contributed by atoms with Crippen LogP contribution in [0.25, 0.3) is 0 Å². The smallest absolute Gasteiger partial charge is 0.120 e. The highest BCUT2D eigenvalue weighted by molar-refractivity contribution is 9.10. The van der Waals surface area contributed by atoms with Crippen molar-refractivity contribution in [2.45, 2.75) is 39.1 Å². The van der Waals surface area contributed by atoms with Crippen LogP contribution < -0.4 is 4.74 Å². The van der Waals surface area contributed by atoms with Crippen LogP contribution >= 0.6 is 15.9 Å². The van der Waals surface area contributed by atoms with Crippen LogP contribution in [0.15, 0.2) is 22.7 Å². The van der Waals surface area contributed by atoms with E-state index in [0.29, 0.717) is 5.92 Å². The SMILES string of the molecule is COc1ccc(C(O)C2C(C)OC(C)C2C)c(Br)c1. The Kier molecular flexibility index (Phi) is 4.54. The van der Waals surface area contributed by atoms with Crippen molar-refractivity contribution >= 4 is 15.9 Å². The summed E-state index contributed by atoms with van der Waals surface area (Å²) >= 11 is 3.51. The molecule has 5 atom stereocenters. The summed E-state index contributed by atoms with van der Waals surface area (Å²) in [7, 11) is 1.63. The number of rotatable bonds is 3. The third-order valence-corrected chi connectivity index (χ3v) is 4.90. The Labute approximate surface area is 123 Å². The molecule has 0 aromatic heterocycles. The fraction of sp³-hybridized carbons (Fsp3) is 0.600. The van der Waals surface area contributed by atoms with Gasteiger partial charge in [-0.05, 0) is 37.5 Å². The normalized spacial score (nSPS) is 32.3. The van der Waals surface area contributed by atoms with Crippen LogP contribution in [0.4, 0.5) is 0 Å². The zero-order chi connectivity index (χ0) is 14.2. The van der Waals surface area contributed by atoms with Crippen molar-refractivity contribution in [1.29, 1.82) is 0 Å². The van der Waals surface area contributed by atoms with E-state index in [1.807, 2.05) is 25.1 Å². The van der Waals surface area contributed by atoms with Crippen LogP contribution in [0, 0.1) is 11.8 Å². The summed E-state index contributed by atoms with van der Waals surface area (Å²) in [6, 6.07) is 5.67. The van der Waals surface area contributed by atoms with Crippen LogP contribution in [0.5, 0.6) is 5.75 Å². The van der Waals surface area contributed by atoms with Gasteiger partial charge in [-0.15, -0.1) is 0 Å². The van der Waals surface area contributed by atoms with E-state index in [-0.39, 0.29) is 18.1 Å². The Hall–Kier alpha value is -0.580. The number of hydrogen-bond donors (Lipinski definition) is 1. The lowest BCUT2D eigenvalue weighted by molar-refractivity contribution is 0.0229. The third kappa shape index (κ3) is 2.81. The summed E-state index contributed by atoms with van der Waals surface area (Å²) in [5, 5.41) is 10.7. The average molecular weight is 329 g/mol. The fourth-order valence-electron chi connectivity index (χ4n) is 2.92. The van der Waals surface area contributed by atoms with Crippen LogP contribution in [-0.2, 0) is 4.74 Å². The van der Waals surface area contributed by atoms with Gasteiger partial charge in [-0.2, -0.15) is 0 Å². The van der Waals surface area contributed by atoms with Gasteiger partial charge in [-0.3, -0.25) is 0 Å². The Balaban J connectivity index is 2.26. The first kappa shape index (κ1) is 14.8. The molecule has 0 amide bonds. The Morgan fingerprint density at radius 3 is 2.42 bits per heavy atom. The number of aliphatic hydroxyl groups excluding tert-OH is 1.